The zero-order valence-electron chi connectivity index (χ0n) is 13.6. The van der Waals surface area contributed by atoms with E-state index in [4.69, 9.17) is 0 Å². The number of benzene rings is 1. The number of aryl methyl sites for hydroxylation is 1. The van der Waals surface area contributed by atoms with Crippen LogP contribution in [0.1, 0.15) is 51.5 Å². The molecular formula is C18H27FO2S. The molecule has 22 heavy (non-hydrogen) atoms. The molecule has 1 aromatic carbocycles. The van der Waals surface area contributed by atoms with Gasteiger partial charge in [-0.2, -0.15) is 0 Å². The van der Waals surface area contributed by atoms with Crippen LogP contribution in [0.3, 0.4) is 0 Å². The molecule has 1 aliphatic rings. The summed E-state index contributed by atoms with van der Waals surface area (Å²) in [5.74, 6) is 1.15. The summed E-state index contributed by atoms with van der Waals surface area (Å²) in [6.07, 6.45) is 5.93. The molecule has 4 heteroatoms. The van der Waals surface area contributed by atoms with Crippen molar-refractivity contribution in [3.05, 3.63) is 35.6 Å². The van der Waals surface area contributed by atoms with Crippen LogP contribution in [0.4, 0.5) is 4.39 Å². The van der Waals surface area contributed by atoms with Crippen LogP contribution in [-0.4, -0.2) is 19.4 Å². The molecular weight excluding hydrogens is 299 g/mol. The van der Waals surface area contributed by atoms with Crippen molar-refractivity contribution in [1.29, 1.82) is 0 Å². The minimum absolute atomic E-state index is 0.112. The van der Waals surface area contributed by atoms with E-state index in [0.717, 1.165) is 44.1 Å². The lowest BCUT2D eigenvalue weighted by Gasteiger charge is -2.28. The van der Waals surface area contributed by atoms with E-state index < -0.39 is 9.84 Å². The summed E-state index contributed by atoms with van der Waals surface area (Å²) in [6.45, 7) is 3.52. The zero-order valence-corrected chi connectivity index (χ0v) is 14.4. The molecule has 0 N–H and O–H groups in total. The maximum Gasteiger partial charge on any atom is 0.152 e. The van der Waals surface area contributed by atoms with Crippen molar-refractivity contribution in [2.24, 2.45) is 11.8 Å². The average molecular weight is 326 g/mol. The average Bonchev–Trinajstić information content (AvgIpc) is 2.47. The predicted molar refractivity (Wildman–Crippen MR) is 89.1 cm³/mol. The van der Waals surface area contributed by atoms with Gasteiger partial charge in [-0.25, -0.2) is 12.8 Å². The second-order valence-corrected chi connectivity index (χ2v) is 9.50. The summed E-state index contributed by atoms with van der Waals surface area (Å²) >= 11 is 0. The molecule has 1 saturated carbocycles. The maximum absolute atomic E-state index is 13.6. The van der Waals surface area contributed by atoms with E-state index in [9.17, 15) is 12.8 Å². The topological polar surface area (TPSA) is 34.1 Å². The van der Waals surface area contributed by atoms with Crippen molar-refractivity contribution in [3.8, 4) is 0 Å². The molecule has 0 unspecified atom stereocenters. The van der Waals surface area contributed by atoms with Crippen LogP contribution in [0, 0.1) is 17.7 Å². The van der Waals surface area contributed by atoms with Crippen molar-refractivity contribution in [2.75, 3.05) is 5.75 Å². The highest BCUT2D eigenvalue weighted by Crippen LogP contribution is 2.33. The molecule has 0 saturated heterocycles. The number of hydrogen-bond acceptors (Lipinski definition) is 2. The minimum Gasteiger partial charge on any atom is -0.229 e. The second kappa shape index (κ2) is 7.58. The van der Waals surface area contributed by atoms with Gasteiger partial charge >= 0.3 is 0 Å². The fraction of sp³-hybridized carbons (Fsp3) is 0.667. The highest BCUT2D eigenvalue weighted by Gasteiger charge is 2.27. The SMILES string of the molecule is CC(C)S(=O)(=O)CC1CCC(CCc2ccccc2F)CC1. The minimum atomic E-state index is -2.93. The molecule has 0 aliphatic heterocycles. The lowest BCUT2D eigenvalue weighted by molar-refractivity contribution is 0.278. The number of rotatable bonds is 6. The van der Waals surface area contributed by atoms with Crippen LogP contribution in [0.2, 0.25) is 0 Å². The third-order valence-electron chi connectivity index (χ3n) is 4.93. The van der Waals surface area contributed by atoms with Gasteiger partial charge in [0.1, 0.15) is 5.82 Å². The van der Waals surface area contributed by atoms with Gasteiger partial charge in [0.2, 0.25) is 0 Å². The van der Waals surface area contributed by atoms with E-state index in [0.29, 0.717) is 17.6 Å². The van der Waals surface area contributed by atoms with Crippen LogP contribution >= 0.6 is 0 Å². The van der Waals surface area contributed by atoms with E-state index >= 15 is 0 Å². The molecule has 0 atom stereocenters. The fourth-order valence-corrected chi connectivity index (χ4v) is 4.64. The number of hydrogen-bond donors (Lipinski definition) is 0. The second-order valence-electron chi connectivity index (χ2n) is 6.90. The molecule has 0 amide bonds. The summed E-state index contributed by atoms with van der Waals surface area (Å²) in [5.41, 5.74) is 0.798. The molecule has 1 aromatic rings. The van der Waals surface area contributed by atoms with E-state index in [1.807, 2.05) is 12.1 Å². The van der Waals surface area contributed by atoms with Gasteiger partial charge in [-0.1, -0.05) is 31.0 Å². The Morgan fingerprint density at radius 3 is 2.27 bits per heavy atom. The molecule has 0 spiro atoms. The molecule has 1 aliphatic carbocycles. The van der Waals surface area contributed by atoms with Crippen molar-refractivity contribution < 1.29 is 12.8 Å². The van der Waals surface area contributed by atoms with E-state index in [-0.39, 0.29) is 11.1 Å². The largest absolute Gasteiger partial charge is 0.229 e. The summed E-state index contributed by atoms with van der Waals surface area (Å²) in [6, 6.07) is 6.98. The van der Waals surface area contributed by atoms with E-state index in [1.54, 1.807) is 19.9 Å². The normalized spacial score (nSPS) is 22.9. The van der Waals surface area contributed by atoms with Crippen LogP contribution in [0.15, 0.2) is 24.3 Å². The van der Waals surface area contributed by atoms with Crippen molar-refractivity contribution in [1.82, 2.24) is 0 Å². The van der Waals surface area contributed by atoms with Crippen LogP contribution in [-0.2, 0) is 16.3 Å². The Morgan fingerprint density at radius 2 is 1.68 bits per heavy atom. The van der Waals surface area contributed by atoms with Crippen LogP contribution < -0.4 is 0 Å². The predicted octanol–water partition coefficient (Wildman–Crippen LogP) is 4.39. The molecule has 2 rings (SSSR count). The molecule has 124 valence electrons. The van der Waals surface area contributed by atoms with Gasteiger partial charge in [0.15, 0.2) is 9.84 Å². The first kappa shape index (κ1) is 17.5. The standard InChI is InChI=1S/C18H27FO2S/c1-14(2)22(20,21)13-16-9-7-15(8-10-16)11-12-17-5-3-4-6-18(17)19/h3-6,14-16H,7-13H2,1-2H3. The van der Waals surface area contributed by atoms with Gasteiger partial charge < -0.3 is 0 Å². The Bertz CT molecular complexity index is 573. The van der Waals surface area contributed by atoms with Crippen LogP contribution in [0.5, 0.6) is 0 Å². The van der Waals surface area contributed by atoms with Crippen molar-refractivity contribution >= 4 is 9.84 Å². The third kappa shape index (κ3) is 4.80. The van der Waals surface area contributed by atoms with Gasteiger partial charge in [-0.15, -0.1) is 0 Å². The van der Waals surface area contributed by atoms with Crippen molar-refractivity contribution in [2.45, 2.75) is 57.6 Å². The lowest BCUT2D eigenvalue weighted by atomic mass is 9.80. The summed E-state index contributed by atoms with van der Waals surface area (Å²) in [4.78, 5) is 0. The van der Waals surface area contributed by atoms with E-state index in [1.165, 1.54) is 6.07 Å². The summed E-state index contributed by atoms with van der Waals surface area (Å²) < 4.78 is 37.6. The molecule has 0 heterocycles. The zero-order chi connectivity index (χ0) is 16.2. The Labute approximate surface area is 134 Å². The first-order valence-corrected chi connectivity index (χ1v) is 10.0. The van der Waals surface area contributed by atoms with Gasteiger partial charge in [0.25, 0.3) is 0 Å². The Morgan fingerprint density at radius 1 is 1.09 bits per heavy atom. The fourth-order valence-electron chi connectivity index (χ4n) is 3.27. The molecule has 0 bridgehead atoms. The molecule has 2 nitrogen and oxygen atoms in total. The number of sulfone groups is 1. The van der Waals surface area contributed by atoms with Gasteiger partial charge in [0, 0.05) is 0 Å². The first-order valence-electron chi connectivity index (χ1n) is 8.33. The van der Waals surface area contributed by atoms with Crippen LogP contribution in [0.25, 0.3) is 0 Å². The molecule has 1 fully saturated rings. The first-order chi connectivity index (χ1) is 10.4. The maximum atomic E-state index is 13.6. The number of halogens is 1. The molecule has 0 radical (unpaired) electrons. The van der Waals surface area contributed by atoms with Crippen molar-refractivity contribution in [3.63, 3.8) is 0 Å². The Balaban J connectivity index is 1.77. The summed E-state index contributed by atoms with van der Waals surface area (Å²) in [7, 11) is -2.93. The monoisotopic (exact) mass is 326 g/mol. The van der Waals surface area contributed by atoms with Gasteiger partial charge in [-0.05, 0) is 63.0 Å². The molecule has 0 aromatic heterocycles. The summed E-state index contributed by atoms with van der Waals surface area (Å²) in [5, 5.41) is -0.272. The third-order valence-corrected chi connectivity index (χ3v) is 7.30. The van der Waals surface area contributed by atoms with E-state index in [2.05, 4.69) is 0 Å². The Kier molecular flexibility index (Phi) is 6.01. The van der Waals surface area contributed by atoms with Gasteiger partial charge in [-0.3, -0.25) is 0 Å². The van der Waals surface area contributed by atoms with Gasteiger partial charge in [0.05, 0.1) is 11.0 Å². The smallest absolute Gasteiger partial charge is 0.152 e. The lowest BCUT2D eigenvalue weighted by Crippen LogP contribution is -2.26. The quantitative estimate of drug-likeness (QED) is 0.777. The Hall–Kier alpha value is -0.900. The highest BCUT2D eigenvalue weighted by molar-refractivity contribution is 7.91. The highest BCUT2D eigenvalue weighted by atomic mass is 32.2.